The van der Waals surface area contributed by atoms with Crippen LogP contribution in [-0.4, -0.2) is 22.4 Å². The number of rotatable bonds is 4. The molecule has 2 aromatic rings. The predicted molar refractivity (Wildman–Crippen MR) is 58.4 cm³/mol. The molecule has 1 heterocycles. The number of aryl methyl sites for hydroxylation is 1. The molecule has 1 atom stereocenters. The molecule has 1 aromatic heterocycles. The van der Waals surface area contributed by atoms with Gasteiger partial charge in [0.25, 0.3) is 6.43 Å². The molecule has 3 nitrogen and oxygen atoms in total. The van der Waals surface area contributed by atoms with Crippen molar-refractivity contribution in [2.75, 3.05) is 0 Å². The summed E-state index contributed by atoms with van der Waals surface area (Å²) in [6, 6.07) is 6.49. The molecule has 0 spiro atoms. The Balaban J connectivity index is 2.05. The summed E-state index contributed by atoms with van der Waals surface area (Å²) in [6.07, 6.45) is -1.79. The Morgan fingerprint density at radius 2 is 2.06 bits per heavy atom. The van der Waals surface area contributed by atoms with Crippen LogP contribution in [0.25, 0.3) is 11.0 Å². The second-order valence-corrected chi connectivity index (χ2v) is 3.74. The number of alkyl halides is 2. The number of para-hydroxylation sites is 2. The summed E-state index contributed by atoms with van der Waals surface area (Å²) in [5.41, 5.74) is 7.04. The van der Waals surface area contributed by atoms with Crippen LogP contribution in [0.4, 0.5) is 8.78 Å². The average molecular weight is 225 g/mol. The molecule has 86 valence electrons. The SMILES string of the molecule is NC(CCc1nc2ccccc2[nH]1)C(F)F. The summed E-state index contributed by atoms with van der Waals surface area (Å²) >= 11 is 0. The van der Waals surface area contributed by atoms with Crippen LogP contribution in [0, 0.1) is 0 Å². The monoisotopic (exact) mass is 225 g/mol. The number of nitrogens with two attached hydrogens (primary N) is 1. The van der Waals surface area contributed by atoms with Crippen molar-refractivity contribution in [2.24, 2.45) is 5.73 Å². The number of nitrogens with one attached hydrogen (secondary N) is 1. The molecule has 16 heavy (non-hydrogen) atoms. The first kappa shape index (κ1) is 11.0. The van der Waals surface area contributed by atoms with Crippen LogP contribution in [0.2, 0.25) is 0 Å². The molecule has 2 rings (SSSR count). The first-order valence-corrected chi connectivity index (χ1v) is 5.14. The maximum Gasteiger partial charge on any atom is 0.253 e. The molecule has 0 radical (unpaired) electrons. The highest BCUT2D eigenvalue weighted by Gasteiger charge is 2.15. The van der Waals surface area contributed by atoms with Gasteiger partial charge in [0.05, 0.1) is 17.1 Å². The number of imidazole rings is 1. The molecule has 1 aromatic carbocycles. The number of aromatic nitrogens is 2. The van der Waals surface area contributed by atoms with Gasteiger partial charge in [0, 0.05) is 6.42 Å². The van der Waals surface area contributed by atoms with E-state index in [1.165, 1.54) is 0 Å². The molecular formula is C11H13F2N3. The zero-order valence-electron chi connectivity index (χ0n) is 8.66. The maximum absolute atomic E-state index is 12.2. The summed E-state index contributed by atoms with van der Waals surface area (Å²) in [5, 5.41) is 0. The second kappa shape index (κ2) is 4.57. The number of nitrogens with zero attached hydrogens (tertiary/aromatic N) is 1. The number of H-pyrrole nitrogens is 1. The van der Waals surface area contributed by atoms with E-state index in [4.69, 9.17) is 5.73 Å². The van der Waals surface area contributed by atoms with E-state index >= 15 is 0 Å². The largest absolute Gasteiger partial charge is 0.342 e. The van der Waals surface area contributed by atoms with Gasteiger partial charge in [-0.25, -0.2) is 13.8 Å². The fraction of sp³-hybridized carbons (Fsp3) is 0.364. The minimum Gasteiger partial charge on any atom is -0.342 e. The Hall–Kier alpha value is -1.49. The fourth-order valence-corrected chi connectivity index (χ4v) is 1.55. The zero-order chi connectivity index (χ0) is 11.5. The molecule has 5 heteroatoms. The molecule has 0 aliphatic rings. The Kier molecular flexibility index (Phi) is 3.14. The van der Waals surface area contributed by atoms with Crippen LogP contribution in [-0.2, 0) is 6.42 Å². The third kappa shape index (κ3) is 2.36. The second-order valence-electron chi connectivity index (χ2n) is 3.74. The van der Waals surface area contributed by atoms with Crippen molar-refractivity contribution in [3.05, 3.63) is 30.1 Å². The van der Waals surface area contributed by atoms with Crippen LogP contribution in [0.5, 0.6) is 0 Å². The van der Waals surface area contributed by atoms with Gasteiger partial charge < -0.3 is 10.7 Å². The molecule has 0 aliphatic carbocycles. The molecule has 0 amide bonds. The molecule has 0 fully saturated rings. The quantitative estimate of drug-likeness (QED) is 0.837. The van der Waals surface area contributed by atoms with Gasteiger partial charge in [0.15, 0.2) is 0 Å². The fourth-order valence-electron chi connectivity index (χ4n) is 1.55. The van der Waals surface area contributed by atoms with E-state index in [9.17, 15) is 8.78 Å². The van der Waals surface area contributed by atoms with E-state index in [1.54, 1.807) is 0 Å². The number of hydrogen-bond donors (Lipinski definition) is 2. The Morgan fingerprint density at radius 1 is 1.31 bits per heavy atom. The molecule has 0 saturated heterocycles. The number of hydrogen-bond acceptors (Lipinski definition) is 2. The van der Waals surface area contributed by atoms with Crippen LogP contribution in [0.1, 0.15) is 12.2 Å². The van der Waals surface area contributed by atoms with Crippen molar-refractivity contribution in [3.63, 3.8) is 0 Å². The maximum atomic E-state index is 12.2. The highest BCUT2D eigenvalue weighted by Crippen LogP contribution is 2.12. The molecule has 0 aliphatic heterocycles. The normalized spacial score (nSPS) is 13.5. The van der Waals surface area contributed by atoms with Gasteiger partial charge in [-0.15, -0.1) is 0 Å². The number of fused-ring (bicyclic) bond motifs is 1. The molecule has 0 bridgehead atoms. The van der Waals surface area contributed by atoms with Crippen molar-refractivity contribution in [2.45, 2.75) is 25.3 Å². The third-order valence-corrected chi connectivity index (χ3v) is 2.48. The van der Waals surface area contributed by atoms with Crippen LogP contribution in [0.3, 0.4) is 0 Å². The van der Waals surface area contributed by atoms with Gasteiger partial charge in [-0.2, -0.15) is 0 Å². The van der Waals surface area contributed by atoms with Crippen molar-refractivity contribution in [1.82, 2.24) is 9.97 Å². The molecule has 1 unspecified atom stereocenters. The lowest BCUT2D eigenvalue weighted by Gasteiger charge is -2.07. The Bertz CT molecular complexity index is 434. The van der Waals surface area contributed by atoms with Crippen LogP contribution < -0.4 is 5.73 Å². The number of halogens is 2. The van der Waals surface area contributed by atoms with Gasteiger partial charge in [-0.3, -0.25) is 0 Å². The average Bonchev–Trinajstić information content (AvgIpc) is 2.68. The lowest BCUT2D eigenvalue weighted by molar-refractivity contribution is 0.112. The van der Waals surface area contributed by atoms with Gasteiger partial charge in [-0.05, 0) is 18.6 Å². The van der Waals surface area contributed by atoms with Crippen LogP contribution in [0.15, 0.2) is 24.3 Å². The zero-order valence-corrected chi connectivity index (χ0v) is 8.66. The highest BCUT2D eigenvalue weighted by molar-refractivity contribution is 5.74. The minimum absolute atomic E-state index is 0.234. The van der Waals surface area contributed by atoms with E-state index < -0.39 is 12.5 Å². The summed E-state index contributed by atoms with van der Waals surface area (Å²) in [6.45, 7) is 0. The van der Waals surface area contributed by atoms with Gasteiger partial charge >= 0.3 is 0 Å². The van der Waals surface area contributed by atoms with E-state index in [0.29, 0.717) is 12.2 Å². The third-order valence-electron chi connectivity index (χ3n) is 2.48. The molecular weight excluding hydrogens is 212 g/mol. The van der Waals surface area contributed by atoms with Gasteiger partial charge in [0.1, 0.15) is 5.82 Å². The van der Waals surface area contributed by atoms with Gasteiger partial charge in [-0.1, -0.05) is 12.1 Å². The topological polar surface area (TPSA) is 54.7 Å². The van der Waals surface area contributed by atoms with E-state index in [0.717, 1.165) is 11.0 Å². The minimum atomic E-state index is -2.47. The summed E-state index contributed by atoms with van der Waals surface area (Å²) in [5.74, 6) is 0.706. The van der Waals surface area contributed by atoms with Crippen molar-refractivity contribution in [1.29, 1.82) is 0 Å². The number of benzene rings is 1. The summed E-state index contributed by atoms with van der Waals surface area (Å²) in [4.78, 5) is 7.37. The Labute approximate surface area is 91.7 Å². The van der Waals surface area contributed by atoms with Gasteiger partial charge in [0.2, 0.25) is 0 Å². The van der Waals surface area contributed by atoms with Crippen molar-refractivity contribution >= 4 is 11.0 Å². The van der Waals surface area contributed by atoms with Crippen molar-refractivity contribution < 1.29 is 8.78 Å². The predicted octanol–water partition coefficient (Wildman–Crippen LogP) is 2.09. The lowest BCUT2D eigenvalue weighted by Crippen LogP contribution is -2.29. The van der Waals surface area contributed by atoms with E-state index in [1.807, 2.05) is 24.3 Å². The first-order chi connectivity index (χ1) is 7.66. The van der Waals surface area contributed by atoms with E-state index in [2.05, 4.69) is 9.97 Å². The summed E-state index contributed by atoms with van der Waals surface area (Å²) < 4.78 is 24.4. The smallest absolute Gasteiger partial charge is 0.253 e. The first-order valence-electron chi connectivity index (χ1n) is 5.14. The standard InChI is InChI=1S/C11H13F2N3/c12-11(13)7(14)5-6-10-15-8-3-1-2-4-9(8)16-10/h1-4,7,11H,5-6,14H2,(H,15,16). The van der Waals surface area contributed by atoms with E-state index in [-0.39, 0.29) is 6.42 Å². The van der Waals surface area contributed by atoms with Crippen LogP contribution >= 0.6 is 0 Å². The lowest BCUT2D eigenvalue weighted by atomic mass is 10.2. The highest BCUT2D eigenvalue weighted by atomic mass is 19.3. The number of aromatic amines is 1. The Morgan fingerprint density at radius 3 is 2.75 bits per heavy atom. The van der Waals surface area contributed by atoms with Crippen molar-refractivity contribution in [3.8, 4) is 0 Å². The summed E-state index contributed by atoms with van der Waals surface area (Å²) in [7, 11) is 0. The molecule has 0 saturated carbocycles. The molecule has 3 N–H and O–H groups in total.